The molecule has 1 unspecified atom stereocenters. The first-order valence-corrected chi connectivity index (χ1v) is 11.8. The lowest BCUT2D eigenvalue weighted by Crippen LogP contribution is -2.32. The second kappa shape index (κ2) is 11.1. The molecule has 0 aliphatic carbocycles. The van der Waals surface area contributed by atoms with Crippen molar-refractivity contribution in [1.82, 2.24) is 4.90 Å². The highest BCUT2D eigenvalue weighted by molar-refractivity contribution is 6.05. The quantitative estimate of drug-likeness (QED) is 0.514. The van der Waals surface area contributed by atoms with E-state index in [2.05, 4.69) is 35.7 Å². The first kappa shape index (κ1) is 24.3. The smallest absolute Gasteiger partial charge is 0.414 e. The Morgan fingerprint density at radius 3 is 2.46 bits per heavy atom. The van der Waals surface area contributed by atoms with Gasteiger partial charge in [-0.1, -0.05) is 36.4 Å². The van der Waals surface area contributed by atoms with Crippen molar-refractivity contribution in [3.05, 3.63) is 89.5 Å². The van der Waals surface area contributed by atoms with Gasteiger partial charge in [-0.3, -0.25) is 9.69 Å². The number of fused-ring (bicyclic) bond motifs is 1. The monoisotopic (exact) mass is 472 g/mol. The molecule has 3 aromatic carbocycles. The van der Waals surface area contributed by atoms with Crippen LogP contribution in [0.2, 0.25) is 0 Å². The Morgan fingerprint density at radius 1 is 1.00 bits per heavy atom. The van der Waals surface area contributed by atoms with Crippen LogP contribution in [-0.2, 0) is 17.8 Å². The maximum Gasteiger partial charge on any atom is 0.414 e. The molecule has 0 bridgehead atoms. The number of hydrogen-bond acceptors (Lipinski definition) is 5. The molecule has 0 saturated heterocycles. The summed E-state index contributed by atoms with van der Waals surface area (Å²) in [5, 5.41) is 6.46. The zero-order valence-electron chi connectivity index (χ0n) is 20.5. The summed E-state index contributed by atoms with van der Waals surface area (Å²) < 4.78 is 5.37. The number of ether oxygens (including phenoxy) is 1. The van der Waals surface area contributed by atoms with Crippen molar-refractivity contribution in [3.63, 3.8) is 0 Å². The summed E-state index contributed by atoms with van der Waals surface area (Å²) in [5.41, 5.74) is 5.17. The molecule has 1 aliphatic rings. The van der Waals surface area contributed by atoms with Crippen LogP contribution < -0.4 is 15.5 Å². The van der Waals surface area contributed by atoms with E-state index in [9.17, 15) is 9.59 Å². The van der Waals surface area contributed by atoms with E-state index >= 15 is 0 Å². The van der Waals surface area contributed by atoms with E-state index in [-0.39, 0.29) is 12.5 Å². The third-order valence-electron chi connectivity index (χ3n) is 6.08. The number of rotatable bonds is 7. The third kappa shape index (κ3) is 6.39. The molecule has 2 amide bonds. The Labute approximate surface area is 206 Å². The van der Waals surface area contributed by atoms with Crippen molar-refractivity contribution >= 4 is 29.1 Å². The standard InChI is InChI=1S/C28H32N4O3/c1-31(2)18-21-15-23-9-12-24(16-26(23)29-17-21)30-27(33)22-10-13-25(14-11-22)32(3)28(34)35-19-20-7-5-4-6-8-20/h4-14,16,21,29H,15,17-19H2,1-3H3,(H,30,33). The summed E-state index contributed by atoms with van der Waals surface area (Å²) in [6, 6.07) is 22.4. The number of amides is 2. The molecule has 0 fully saturated rings. The van der Waals surface area contributed by atoms with Gasteiger partial charge in [0.05, 0.1) is 0 Å². The molecule has 0 saturated carbocycles. The molecule has 1 aliphatic heterocycles. The number of carbonyl (C=O) groups is 2. The number of hydrogen-bond donors (Lipinski definition) is 2. The molecule has 35 heavy (non-hydrogen) atoms. The van der Waals surface area contributed by atoms with Crippen LogP contribution >= 0.6 is 0 Å². The predicted molar refractivity (Wildman–Crippen MR) is 140 cm³/mol. The molecular formula is C28H32N4O3. The van der Waals surface area contributed by atoms with Crippen LogP contribution in [0.3, 0.4) is 0 Å². The van der Waals surface area contributed by atoms with Gasteiger partial charge in [0.25, 0.3) is 5.91 Å². The van der Waals surface area contributed by atoms with Crippen LogP contribution in [0.1, 0.15) is 21.5 Å². The van der Waals surface area contributed by atoms with Gasteiger partial charge in [-0.15, -0.1) is 0 Å². The molecule has 4 rings (SSSR count). The Balaban J connectivity index is 1.33. The van der Waals surface area contributed by atoms with E-state index in [1.165, 1.54) is 10.5 Å². The molecule has 0 spiro atoms. The summed E-state index contributed by atoms with van der Waals surface area (Å²) >= 11 is 0. The van der Waals surface area contributed by atoms with Crippen LogP contribution in [0.5, 0.6) is 0 Å². The molecule has 1 heterocycles. The third-order valence-corrected chi connectivity index (χ3v) is 6.08. The SMILES string of the molecule is CN(C)CC1CNc2cc(NC(=O)c3ccc(N(C)C(=O)OCc4ccccc4)cc3)ccc2C1. The minimum Gasteiger partial charge on any atom is -0.444 e. The Hall–Kier alpha value is -3.84. The summed E-state index contributed by atoms with van der Waals surface area (Å²) in [6.07, 6.45) is 0.567. The molecule has 7 nitrogen and oxygen atoms in total. The number of benzene rings is 3. The lowest BCUT2D eigenvalue weighted by Gasteiger charge is -2.28. The lowest BCUT2D eigenvalue weighted by molar-refractivity contribution is 0.102. The Kier molecular flexibility index (Phi) is 7.67. The highest BCUT2D eigenvalue weighted by Gasteiger charge is 2.19. The van der Waals surface area contributed by atoms with E-state index in [1.807, 2.05) is 42.5 Å². The summed E-state index contributed by atoms with van der Waals surface area (Å²) in [6.45, 7) is 2.17. The van der Waals surface area contributed by atoms with Crippen molar-refractivity contribution in [3.8, 4) is 0 Å². The fraction of sp³-hybridized carbons (Fsp3) is 0.286. The van der Waals surface area contributed by atoms with E-state index in [1.54, 1.807) is 31.3 Å². The van der Waals surface area contributed by atoms with E-state index < -0.39 is 6.09 Å². The molecule has 182 valence electrons. The Morgan fingerprint density at radius 2 is 1.74 bits per heavy atom. The maximum atomic E-state index is 12.8. The molecule has 2 N–H and O–H groups in total. The van der Waals surface area contributed by atoms with Crippen molar-refractivity contribution in [2.24, 2.45) is 5.92 Å². The van der Waals surface area contributed by atoms with Crippen LogP contribution in [0, 0.1) is 5.92 Å². The molecule has 0 aromatic heterocycles. The minimum absolute atomic E-state index is 0.202. The molecule has 7 heteroatoms. The number of nitrogens with one attached hydrogen (secondary N) is 2. The van der Waals surface area contributed by atoms with Gasteiger partial charge in [-0.25, -0.2) is 4.79 Å². The highest BCUT2D eigenvalue weighted by atomic mass is 16.6. The topological polar surface area (TPSA) is 73.9 Å². The highest BCUT2D eigenvalue weighted by Crippen LogP contribution is 2.28. The number of anilines is 3. The zero-order valence-corrected chi connectivity index (χ0v) is 20.5. The fourth-order valence-electron chi connectivity index (χ4n) is 4.24. The van der Waals surface area contributed by atoms with Crippen LogP contribution in [0.25, 0.3) is 0 Å². The van der Waals surface area contributed by atoms with E-state index in [0.717, 1.165) is 36.4 Å². The summed E-state index contributed by atoms with van der Waals surface area (Å²) in [4.78, 5) is 28.8. The molecule has 1 atom stereocenters. The molecule has 3 aromatic rings. The summed E-state index contributed by atoms with van der Waals surface area (Å²) in [7, 11) is 5.83. The fourth-order valence-corrected chi connectivity index (χ4v) is 4.24. The molecular weight excluding hydrogens is 440 g/mol. The van der Waals surface area contributed by atoms with Gasteiger partial charge in [-0.05, 0) is 74.0 Å². The average Bonchev–Trinajstić information content (AvgIpc) is 2.87. The van der Waals surface area contributed by atoms with Crippen LogP contribution in [0.15, 0.2) is 72.8 Å². The van der Waals surface area contributed by atoms with Gasteiger partial charge in [0.2, 0.25) is 0 Å². The van der Waals surface area contributed by atoms with Gasteiger partial charge >= 0.3 is 6.09 Å². The summed E-state index contributed by atoms with van der Waals surface area (Å²) in [5.74, 6) is 0.373. The second-order valence-corrected chi connectivity index (χ2v) is 9.19. The van der Waals surface area contributed by atoms with Gasteiger partial charge in [0.15, 0.2) is 0 Å². The minimum atomic E-state index is -0.458. The van der Waals surface area contributed by atoms with Crippen molar-refractivity contribution in [2.45, 2.75) is 13.0 Å². The van der Waals surface area contributed by atoms with Gasteiger partial charge in [0.1, 0.15) is 6.61 Å². The Bertz CT molecular complexity index is 1160. The van der Waals surface area contributed by atoms with Crippen LogP contribution in [-0.4, -0.2) is 51.1 Å². The number of carbonyl (C=O) groups excluding carboxylic acids is 2. The van der Waals surface area contributed by atoms with Crippen molar-refractivity contribution in [2.75, 3.05) is 49.8 Å². The first-order valence-electron chi connectivity index (χ1n) is 11.8. The van der Waals surface area contributed by atoms with Gasteiger partial charge < -0.3 is 20.3 Å². The number of nitrogens with zero attached hydrogens (tertiary/aromatic N) is 2. The normalized spacial score (nSPS) is 14.6. The lowest BCUT2D eigenvalue weighted by atomic mass is 9.93. The van der Waals surface area contributed by atoms with E-state index in [0.29, 0.717) is 17.2 Å². The second-order valence-electron chi connectivity index (χ2n) is 9.19. The zero-order chi connectivity index (χ0) is 24.8. The van der Waals surface area contributed by atoms with Crippen LogP contribution in [0.4, 0.5) is 21.9 Å². The molecule has 0 radical (unpaired) electrons. The maximum absolute atomic E-state index is 12.8. The van der Waals surface area contributed by atoms with Gasteiger partial charge in [-0.2, -0.15) is 0 Å². The largest absolute Gasteiger partial charge is 0.444 e. The van der Waals surface area contributed by atoms with Gasteiger partial charge in [0, 0.05) is 42.8 Å². The first-order chi connectivity index (χ1) is 16.9. The van der Waals surface area contributed by atoms with Crippen molar-refractivity contribution in [1.29, 1.82) is 0 Å². The predicted octanol–water partition coefficient (Wildman–Crippen LogP) is 4.86. The van der Waals surface area contributed by atoms with E-state index in [4.69, 9.17) is 4.74 Å². The van der Waals surface area contributed by atoms with Crippen molar-refractivity contribution < 1.29 is 14.3 Å². The average molecular weight is 473 g/mol.